The van der Waals surface area contributed by atoms with Crippen LogP contribution in [0.2, 0.25) is 0 Å². The van der Waals surface area contributed by atoms with Gasteiger partial charge in [-0.15, -0.1) is 0 Å². The molecule has 0 aliphatic carbocycles. The molecule has 1 amide bonds. The second-order valence-corrected chi connectivity index (χ2v) is 5.07. The van der Waals surface area contributed by atoms with E-state index in [1.54, 1.807) is 7.11 Å². The van der Waals surface area contributed by atoms with Crippen molar-refractivity contribution in [2.24, 2.45) is 0 Å². The molecular formula is C18H21NO2. The Labute approximate surface area is 126 Å². The Balaban J connectivity index is 1.80. The molecule has 0 fully saturated rings. The minimum atomic E-state index is 0.0762. The van der Waals surface area contributed by atoms with Crippen LogP contribution in [0.25, 0.3) is 0 Å². The first-order valence-corrected chi connectivity index (χ1v) is 7.13. The van der Waals surface area contributed by atoms with Gasteiger partial charge in [-0.25, -0.2) is 0 Å². The lowest BCUT2D eigenvalue weighted by Crippen LogP contribution is -2.22. The van der Waals surface area contributed by atoms with E-state index in [-0.39, 0.29) is 5.91 Å². The zero-order valence-corrected chi connectivity index (χ0v) is 12.6. The highest BCUT2D eigenvalue weighted by Crippen LogP contribution is 2.19. The first kappa shape index (κ1) is 15.1. The van der Waals surface area contributed by atoms with Crippen LogP contribution in [0.3, 0.4) is 0 Å². The first-order chi connectivity index (χ1) is 10.2. The number of amides is 1. The van der Waals surface area contributed by atoms with Gasteiger partial charge < -0.3 is 10.1 Å². The highest BCUT2D eigenvalue weighted by Gasteiger charge is 2.04. The van der Waals surface area contributed by atoms with Gasteiger partial charge >= 0.3 is 0 Å². The van der Waals surface area contributed by atoms with Gasteiger partial charge in [-0.2, -0.15) is 0 Å². The minimum Gasteiger partial charge on any atom is -0.496 e. The van der Waals surface area contributed by atoms with Crippen molar-refractivity contribution in [3.8, 4) is 5.75 Å². The van der Waals surface area contributed by atoms with Crippen molar-refractivity contribution in [3.63, 3.8) is 0 Å². The summed E-state index contributed by atoms with van der Waals surface area (Å²) in [5.74, 6) is 0.958. The normalized spacial score (nSPS) is 10.2. The molecule has 0 atom stereocenters. The minimum absolute atomic E-state index is 0.0762. The summed E-state index contributed by atoms with van der Waals surface area (Å²) >= 11 is 0. The van der Waals surface area contributed by atoms with E-state index in [0.717, 1.165) is 28.9 Å². The molecule has 2 aromatic carbocycles. The molecule has 110 valence electrons. The van der Waals surface area contributed by atoms with Gasteiger partial charge in [0.2, 0.25) is 5.91 Å². The van der Waals surface area contributed by atoms with E-state index in [4.69, 9.17) is 4.74 Å². The smallest absolute Gasteiger partial charge is 0.220 e. The van der Waals surface area contributed by atoms with E-state index in [1.807, 2.05) is 49.4 Å². The Hall–Kier alpha value is -2.29. The SMILES string of the molecule is COc1ccc(CCC(=O)NCc2ccccc2)cc1C. The van der Waals surface area contributed by atoms with Crippen LogP contribution in [0.5, 0.6) is 5.75 Å². The number of aryl methyl sites for hydroxylation is 2. The number of methoxy groups -OCH3 is 1. The number of carbonyl (C=O) groups excluding carboxylic acids is 1. The molecule has 0 spiro atoms. The summed E-state index contributed by atoms with van der Waals surface area (Å²) in [6.45, 7) is 2.60. The van der Waals surface area contributed by atoms with Gasteiger partial charge in [0.05, 0.1) is 7.11 Å². The van der Waals surface area contributed by atoms with Crippen molar-refractivity contribution in [3.05, 3.63) is 65.2 Å². The fraction of sp³-hybridized carbons (Fsp3) is 0.278. The van der Waals surface area contributed by atoms with E-state index in [2.05, 4.69) is 11.4 Å². The fourth-order valence-corrected chi connectivity index (χ4v) is 2.24. The van der Waals surface area contributed by atoms with Gasteiger partial charge in [0.15, 0.2) is 0 Å². The molecule has 0 aliphatic rings. The number of hydrogen-bond acceptors (Lipinski definition) is 2. The summed E-state index contributed by atoms with van der Waals surface area (Å²) in [4.78, 5) is 11.9. The highest BCUT2D eigenvalue weighted by atomic mass is 16.5. The zero-order chi connectivity index (χ0) is 15.1. The van der Waals surface area contributed by atoms with Crippen LogP contribution >= 0.6 is 0 Å². The molecule has 0 heterocycles. The summed E-state index contributed by atoms with van der Waals surface area (Å²) in [6.07, 6.45) is 1.24. The maximum atomic E-state index is 11.9. The molecule has 0 saturated heterocycles. The number of rotatable bonds is 6. The Kier molecular flexibility index (Phi) is 5.38. The zero-order valence-electron chi connectivity index (χ0n) is 12.6. The van der Waals surface area contributed by atoms with E-state index in [9.17, 15) is 4.79 Å². The fourth-order valence-electron chi connectivity index (χ4n) is 2.24. The van der Waals surface area contributed by atoms with Crippen LogP contribution in [-0.2, 0) is 17.8 Å². The van der Waals surface area contributed by atoms with E-state index < -0.39 is 0 Å². The number of benzene rings is 2. The third-order valence-electron chi connectivity index (χ3n) is 3.43. The van der Waals surface area contributed by atoms with Crippen LogP contribution < -0.4 is 10.1 Å². The molecular weight excluding hydrogens is 262 g/mol. The van der Waals surface area contributed by atoms with Gasteiger partial charge in [-0.1, -0.05) is 42.5 Å². The molecule has 1 N–H and O–H groups in total. The van der Waals surface area contributed by atoms with Crippen molar-refractivity contribution in [1.29, 1.82) is 0 Å². The molecule has 0 aromatic heterocycles. The molecule has 21 heavy (non-hydrogen) atoms. The average Bonchev–Trinajstić information content (AvgIpc) is 2.52. The van der Waals surface area contributed by atoms with Gasteiger partial charge in [-0.05, 0) is 36.1 Å². The number of nitrogens with one attached hydrogen (secondary N) is 1. The summed E-state index contributed by atoms with van der Waals surface area (Å²) in [6, 6.07) is 16.0. The maximum absolute atomic E-state index is 11.9. The predicted molar refractivity (Wildman–Crippen MR) is 84.3 cm³/mol. The molecule has 2 rings (SSSR count). The highest BCUT2D eigenvalue weighted by molar-refractivity contribution is 5.76. The lowest BCUT2D eigenvalue weighted by molar-refractivity contribution is -0.121. The van der Waals surface area contributed by atoms with E-state index in [1.165, 1.54) is 0 Å². The molecule has 0 bridgehead atoms. The van der Waals surface area contributed by atoms with Crippen molar-refractivity contribution in [1.82, 2.24) is 5.32 Å². The molecule has 3 heteroatoms. The van der Waals surface area contributed by atoms with Crippen LogP contribution in [0.1, 0.15) is 23.1 Å². The van der Waals surface area contributed by atoms with Crippen LogP contribution in [0.15, 0.2) is 48.5 Å². The van der Waals surface area contributed by atoms with Crippen molar-refractivity contribution >= 4 is 5.91 Å². The number of carbonyl (C=O) groups is 1. The molecule has 0 aliphatic heterocycles. The first-order valence-electron chi connectivity index (χ1n) is 7.13. The maximum Gasteiger partial charge on any atom is 0.220 e. The summed E-state index contributed by atoms with van der Waals surface area (Å²) in [5.41, 5.74) is 3.37. The Bertz CT molecular complexity index is 593. The Morgan fingerprint density at radius 3 is 2.52 bits per heavy atom. The molecule has 2 aromatic rings. The summed E-state index contributed by atoms with van der Waals surface area (Å²) in [7, 11) is 1.67. The van der Waals surface area contributed by atoms with Gasteiger partial charge in [0, 0.05) is 13.0 Å². The van der Waals surface area contributed by atoms with Crippen LogP contribution in [0, 0.1) is 6.92 Å². The molecule has 0 unspecified atom stereocenters. The standard InChI is InChI=1S/C18H21NO2/c1-14-12-15(8-10-17(14)21-2)9-11-18(20)19-13-16-6-4-3-5-7-16/h3-8,10,12H,9,11,13H2,1-2H3,(H,19,20). The van der Waals surface area contributed by atoms with Gasteiger partial charge in [0.25, 0.3) is 0 Å². The topological polar surface area (TPSA) is 38.3 Å². The van der Waals surface area contributed by atoms with Crippen molar-refractivity contribution in [2.75, 3.05) is 7.11 Å². The average molecular weight is 283 g/mol. The predicted octanol–water partition coefficient (Wildman–Crippen LogP) is 3.25. The van der Waals surface area contributed by atoms with E-state index >= 15 is 0 Å². The van der Waals surface area contributed by atoms with Crippen LogP contribution in [0.4, 0.5) is 0 Å². The quantitative estimate of drug-likeness (QED) is 0.883. The second-order valence-electron chi connectivity index (χ2n) is 5.07. The van der Waals surface area contributed by atoms with E-state index in [0.29, 0.717) is 13.0 Å². The summed E-state index contributed by atoms with van der Waals surface area (Å²) < 4.78 is 5.23. The monoisotopic (exact) mass is 283 g/mol. The van der Waals surface area contributed by atoms with Gasteiger partial charge in [0.1, 0.15) is 5.75 Å². The number of ether oxygens (including phenoxy) is 1. The Morgan fingerprint density at radius 1 is 1.10 bits per heavy atom. The molecule has 3 nitrogen and oxygen atoms in total. The second kappa shape index (κ2) is 7.48. The van der Waals surface area contributed by atoms with Crippen LogP contribution in [-0.4, -0.2) is 13.0 Å². The third kappa shape index (κ3) is 4.63. The number of hydrogen-bond donors (Lipinski definition) is 1. The third-order valence-corrected chi connectivity index (χ3v) is 3.43. The lowest BCUT2D eigenvalue weighted by atomic mass is 10.1. The van der Waals surface area contributed by atoms with Gasteiger partial charge in [-0.3, -0.25) is 4.79 Å². The van der Waals surface area contributed by atoms with Crippen molar-refractivity contribution in [2.45, 2.75) is 26.3 Å². The van der Waals surface area contributed by atoms with Crippen molar-refractivity contribution < 1.29 is 9.53 Å². The molecule has 0 radical (unpaired) electrons. The largest absolute Gasteiger partial charge is 0.496 e. The molecule has 0 saturated carbocycles. The lowest BCUT2D eigenvalue weighted by Gasteiger charge is -2.08. The Morgan fingerprint density at radius 2 is 1.86 bits per heavy atom. The summed E-state index contributed by atoms with van der Waals surface area (Å²) in [5, 5.41) is 2.94.